The molecule has 26 heavy (non-hydrogen) atoms. The van der Waals surface area contributed by atoms with E-state index in [1.807, 2.05) is 18.2 Å². The Kier molecular flexibility index (Phi) is 4.98. The number of rotatable bonds is 6. The highest BCUT2D eigenvalue weighted by Crippen LogP contribution is 2.17. The minimum atomic E-state index is -0.501. The molecule has 1 aromatic heterocycles. The average molecular weight is 351 g/mol. The highest BCUT2D eigenvalue weighted by Gasteiger charge is 2.12. The largest absolute Gasteiger partial charge is 0.493 e. The van der Waals surface area contributed by atoms with Crippen molar-refractivity contribution in [2.45, 2.75) is 6.42 Å². The maximum absolute atomic E-state index is 12.4. The molecule has 0 unspecified atom stereocenters. The van der Waals surface area contributed by atoms with Crippen molar-refractivity contribution < 1.29 is 14.3 Å². The van der Waals surface area contributed by atoms with Gasteiger partial charge in [0.2, 0.25) is 5.91 Å². The molecule has 132 valence electrons. The number of aromatic nitrogens is 1. The number of anilines is 1. The van der Waals surface area contributed by atoms with Gasteiger partial charge in [0.05, 0.1) is 13.0 Å². The predicted octanol–water partition coefficient (Wildman–Crippen LogP) is 2.03. The van der Waals surface area contributed by atoms with Gasteiger partial charge in [-0.1, -0.05) is 18.2 Å². The second kappa shape index (κ2) is 7.52. The lowest BCUT2D eigenvalue weighted by Crippen LogP contribution is -2.23. The number of fused-ring (bicyclic) bond motifs is 1. The zero-order valence-corrected chi connectivity index (χ0v) is 13.8. The van der Waals surface area contributed by atoms with Crippen LogP contribution in [-0.2, 0) is 4.79 Å². The van der Waals surface area contributed by atoms with Gasteiger partial charge in [-0.25, -0.2) is 0 Å². The van der Waals surface area contributed by atoms with Crippen LogP contribution in [0.4, 0.5) is 5.69 Å². The number of ether oxygens (including phenoxy) is 1. The van der Waals surface area contributed by atoms with Crippen LogP contribution in [0.3, 0.4) is 0 Å². The van der Waals surface area contributed by atoms with Gasteiger partial charge in [0, 0.05) is 11.2 Å². The van der Waals surface area contributed by atoms with Gasteiger partial charge in [0.15, 0.2) is 0 Å². The van der Waals surface area contributed by atoms with E-state index in [4.69, 9.17) is 10.5 Å². The molecular weight excluding hydrogens is 334 g/mol. The van der Waals surface area contributed by atoms with Crippen molar-refractivity contribution in [3.05, 3.63) is 70.5 Å². The van der Waals surface area contributed by atoms with Crippen LogP contribution in [-0.4, -0.2) is 23.4 Å². The Labute approximate surface area is 148 Å². The zero-order valence-electron chi connectivity index (χ0n) is 13.8. The molecule has 0 bridgehead atoms. The van der Waals surface area contributed by atoms with E-state index in [1.54, 1.807) is 36.4 Å². The second-order valence-electron chi connectivity index (χ2n) is 5.64. The summed E-state index contributed by atoms with van der Waals surface area (Å²) in [5, 5.41) is 3.45. The quantitative estimate of drug-likeness (QED) is 0.630. The molecule has 2 aromatic carbocycles. The fraction of sp³-hybridized carbons (Fsp3) is 0.105. The van der Waals surface area contributed by atoms with Gasteiger partial charge in [-0.2, -0.15) is 0 Å². The monoisotopic (exact) mass is 351 g/mol. The molecule has 0 atom stereocenters. The van der Waals surface area contributed by atoms with E-state index in [-0.39, 0.29) is 18.6 Å². The highest BCUT2D eigenvalue weighted by molar-refractivity contribution is 6.05. The molecule has 0 aliphatic rings. The molecular formula is C19H17N3O4. The van der Waals surface area contributed by atoms with E-state index >= 15 is 0 Å². The van der Waals surface area contributed by atoms with E-state index in [9.17, 15) is 14.4 Å². The molecule has 7 heteroatoms. The lowest BCUT2D eigenvalue weighted by atomic mass is 10.1. The molecule has 1 heterocycles. The first-order valence-corrected chi connectivity index (χ1v) is 7.97. The van der Waals surface area contributed by atoms with Crippen molar-refractivity contribution in [3.8, 4) is 5.75 Å². The molecule has 0 saturated heterocycles. The first kappa shape index (κ1) is 17.2. The third-order valence-electron chi connectivity index (χ3n) is 3.73. The van der Waals surface area contributed by atoms with Crippen LogP contribution >= 0.6 is 0 Å². The number of aromatic amines is 1. The number of primary amides is 1. The lowest BCUT2D eigenvalue weighted by molar-refractivity contribution is -0.118. The summed E-state index contributed by atoms with van der Waals surface area (Å²) in [7, 11) is 0. The van der Waals surface area contributed by atoms with Crippen molar-refractivity contribution in [2.24, 2.45) is 5.73 Å². The Bertz CT molecular complexity index is 1010. The Hall–Kier alpha value is -3.61. The number of hydrogen-bond donors (Lipinski definition) is 3. The third-order valence-corrected chi connectivity index (χ3v) is 3.73. The molecule has 3 aromatic rings. The second-order valence-corrected chi connectivity index (χ2v) is 5.64. The number of nitrogens with one attached hydrogen (secondary N) is 2. The molecule has 4 N–H and O–H groups in total. The summed E-state index contributed by atoms with van der Waals surface area (Å²) in [6, 6.07) is 15.4. The predicted molar refractivity (Wildman–Crippen MR) is 98.3 cm³/mol. The average Bonchev–Trinajstić information content (AvgIpc) is 2.62. The number of hydrogen-bond acceptors (Lipinski definition) is 4. The maximum atomic E-state index is 12.4. The van der Waals surface area contributed by atoms with Gasteiger partial charge in [0.25, 0.3) is 11.5 Å². The third kappa shape index (κ3) is 4.07. The number of carbonyl (C=O) groups is 2. The minimum Gasteiger partial charge on any atom is -0.493 e. The Morgan fingerprint density at radius 3 is 2.54 bits per heavy atom. The van der Waals surface area contributed by atoms with Gasteiger partial charge in [-0.15, -0.1) is 0 Å². The molecule has 0 aliphatic carbocycles. The number of benzene rings is 2. The Morgan fingerprint density at radius 2 is 1.81 bits per heavy atom. The van der Waals surface area contributed by atoms with Crippen molar-refractivity contribution in [2.75, 3.05) is 11.9 Å². The molecule has 7 nitrogen and oxygen atoms in total. The molecule has 0 radical (unpaired) electrons. The number of carbonyl (C=O) groups excluding carboxylic acids is 2. The van der Waals surface area contributed by atoms with Crippen LogP contribution in [0.15, 0.2) is 59.4 Å². The van der Waals surface area contributed by atoms with Gasteiger partial charge >= 0.3 is 0 Å². The van der Waals surface area contributed by atoms with E-state index in [1.165, 1.54) is 0 Å². The minimum absolute atomic E-state index is 0.0329. The van der Waals surface area contributed by atoms with Crippen LogP contribution in [0.25, 0.3) is 10.9 Å². The standard InChI is InChI=1S/C19H17N3O4/c20-17(23)9-10-26-14-7-5-13(6-8-14)21-18(24)15-11-12-3-1-2-4-16(12)22-19(15)25/h1-8,11H,9-10H2,(H2,20,23)(H,21,24)(H,22,25). The highest BCUT2D eigenvalue weighted by atomic mass is 16.5. The Morgan fingerprint density at radius 1 is 1.08 bits per heavy atom. The summed E-state index contributed by atoms with van der Waals surface area (Å²) >= 11 is 0. The first-order chi connectivity index (χ1) is 12.5. The number of pyridine rings is 1. The number of amides is 2. The fourth-order valence-corrected chi connectivity index (χ4v) is 2.42. The van der Waals surface area contributed by atoms with Crippen LogP contribution in [0, 0.1) is 0 Å². The van der Waals surface area contributed by atoms with Crippen molar-refractivity contribution in [1.82, 2.24) is 4.98 Å². The van der Waals surface area contributed by atoms with Crippen molar-refractivity contribution >= 4 is 28.4 Å². The molecule has 0 saturated carbocycles. The molecule has 0 aliphatic heterocycles. The van der Waals surface area contributed by atoms with E-state index in [0.29, 0.717) is 17.0 Å². The molecule has 0 spiro atoms. The van der Waals surface area contributed by atoms with Crippen molar-refractivity contribution in [1.29, 1.82) is 0 Å². The van der Waals surface area contributed by atoms with Crippen molar-refractivity contribution in [3.63, 3.8) is 0 Å². The van der Waals surface area contributed by atoms with Gasteiger partial charge in [0.1, 0.15) is 11.3 Å². The normalized spacial score (nSPS) is 10.5. The van der Waals surface area contributed by atoms with E-state index < -0.39 is 17.4 Å². The summed E-state index contributed by atoms with van der Waals surface area (Å²) in [6.45, 7) is 0.188. The molecule has 3 rings (SSSR count). The summed E-state index contributed by atoms with van der Waals surface area (Å²) in [4.78, 5) is 37.9. The van der Waals surface area contributed by atoms with Gasteiger partial charge < -0.3 is 20.8 Å². The summed E-state index contributed by atoms with van der Waals surface area (Å²) in [5.74, 6) is -0.387. The Balaban J connectivity index is 1.71. The SMILES string of the molecule is NC(=O)CCOc1ccc(NC(=O)c2cc3ccccc3[nH]c2=O)cc1. The number of nitrogens with two attached hydrogens (primary N) is 1. The zero-order chi connectivity index (χ0) is 18.5. The molecule has 0 fully saturated rings. The van der Waals surface area contributed by atoms with Gasteiger partial charge in [-0.05, 0) is 41.8 Å². The first-order valence-electron chi connectivity index (χ1n) is 7.97. The van der Waals surface area contributed by atoms with E-state index in [2.05, 4.69) is 10.3 Å². The maximum Gasteiger partial charge on any atom is 0.261 e. The van der Waals surface area contributed by atoms with Crippen LogP contribution < -0.4 is 21.3 Å². The smallest absolute Gasteiger partial charge is 0.261 e. The van der Waals surface area contributed by atoms with Crippen LogP contribution in [0.2, 0.25) is 0 Å². The number of H-pyrrole nitrogens is 1. The number of para-hydroxylation sites is 1. The summed E-state index contributed by atoms with van der Waals surface area (Å²) < 4.78 is 5.36. The van der Waals surface area contributed by atoms with E-state index in [0.717, 1.165) is 5.39 Å². The lowest BCUT2D eigenvalue weighted by Gasteiger charge is -2.08. The topological polar surface area (TPSA) is 114 Å². The summed E-state index contributed by atoms with van der Waals surface area (Å²) in [6.07, 6.45) is 0.128. The molecule has 2 amide bonds. The fourth-order valence-electron chi connectivity index (χ4n) is 2.42. The van der Waals surface area contributed by atoms with Gasteiger partial charge in [-0.3, -0.25) is 14.4 Å². The summed E-state index contributed by atoms with van der Waals surface area (Å²) in [5.41, 5.74) is 5.82. The van der Waals surface area contributed by atoms with Crippen LogP contribution in [0.5, 0.6) is 5.75 Å². The van der Waals surface area contributed by atoms with Crippen LogP contribution in [0.1, 0.15) is 16.8 Å².